The maximum Gasteiger partial charge on any atom is 0.291 e. The van der Waals surface area contributed by atoms with Crippen LogP contribution in [0.15, 0.2) is 30.3 Å². The Hall–Kier alpha value is -3.36. The molecule has 24 heavy (non-hydrogen) atoms. The zero-order valence-electron chi connectivity index (χ0n) is 13.4. The molecule has 0 fully saturated rings. The standard InChI is InChI=1S/C15H14N8O/c1-9-8-10(2)22(20-9)15-19-18-14-17-16-13(23(14)21-15)11-4-6-12(24-3)7-5-11/h4-8H,1-3H3. The first-order chi connectivity index (χ1) is 11.7. The highest BCUT2D eigenvalue weighted by Gasteiger charge is 2.14. The van der Waals surface area contributed by atoms with Gasteiger partial charge in [-0.25, -0.2) is 4.68 Å². The van der Waals surface area contributed by atoms with Crippen LogP contribution in [0.1, 0.15) is 11.4 Å². The van der Waals surface area contributed by atoms with Crippen molar-refractivity contribution in [2.45, 2.75) is 13.8 Å². The topological polar surface area (TPSA) is 95.9 Å². The van der Waals surface area contributed by atoms with Crippen LogP contribution in [0.4, 0.5) is 0 Å². The average Bonchev–Trinajstić information content (AvgIpc) is 3.17. The minimum atomic E-state index is 0.325. The Morgan fingerprint density at radius 3 is 2.33 bits per heavy atom. The van der Waals surface area contributed by atoms with E-state index >= 15 is 0 Å². The summed E-state index contributed by atoms with van der Waals surface area (Å²) >= 11 is 0. The predicted octanol–water partition coefficient (Wildman–Crippen LogP) is 1.39. The molecule has 4 rings (SSSR count). The molecule has 0 unspecified atom stereocenters. The number of hydrogen-bond acceptors (Lipinski definition) is 7. The van der Waals surface area contributed by atoms with Crippen LogP contribution in [0.5, 0.6) is 5.75 Å². The molecular formula is C15H14N8O. The summed E-state index contributed by atoms with van der Waals surface area (Å²) in [5, 5.41) is 25.2. The molecule has 3 aromatic heterocycles. The second kappa shape index (κ2) is 5.37. The Kier molecular flexibility index (Phi) is 3.19. The largest absolute Gasteiger partial charge is 0.497 e. The van der Waals surface area contributed by atoms with E-state index in [-0.39, 0.29) is 0 Å². The van der Waals surface area contributed by atoms with E-state index in [0.29, 0.717) is 17.6 Å². The summed E-state index contributed by atoms with van der Waals surface area (Å²) in [5.74, 6) is 2.03. The molecule has 3 heterocycles. The first-order valence-electron chi connectivity index (χ1n) is 7.30. The van der Waals surface area contributed by atoms with E-state index in [2.05, 4.69) is 30.6 Å². The summed E-state index contributed by atoms with van der Waals surface area (Å²) in [6.45, 7) is 3.85. The number of fused-ring (bicyclic) bond motifs is 1. The van der Waals surface area contributed by atoms with Gasteiger partial charge in [-0.1, -0.05) is 0 Å². The van der Waals surface area contributed by atoms with Crippen molar-refractivity contribution in [2.75, 3.05) is 7.11 Å². The second-order valence-electron chi connectivity index (χ2n) is 5.30. The lowest BCUT2D eigenvalue weighted by atomic mass is 10.2. The van der Waals surface area contributed by atoms with Crippen LogP contribution in [0, 0.1) is 13.8 Å². The van der Waals surface area contributed by atoms with Gasteiger partial charge in [-0.05, 0) is 44.2 Å². The minimum absolute atomic E-state index is 0.325. The Labute approximate surface area is 136 Å². The van der Waals surface area contributed by atoms with Crippen molar-refractivity contribution in [2.24, 2.45) is 0 Å². The summed E-state index contributed by atoms with van der Waals surface area (Å²) < 4.78 is 8.37. The Morgan fingerprint density at radius 2 is 1.67 bits per heavy atom. The van der Waals surface area contributed by atoms with Crippen LogP contribution in [0.2, 0.25) is 0 Å². The molecular weight excluding hydrogens is 308 g/mol. The predicted molar refractivity (Wildman–Crippen MR) is 85.0 cm³/mol. The van der Waals surface area contributed by atoms with Crippen LogP contribution < -0.4 is 4.74 Å². The van der Waals surface area contributed by atoms with Gasteiger partial charge in [0, 0.05) is 11.3 Å². The summed E-state index contributed by atoms with van der Waals surface area (Å²) in [7, 11) is 1.62. The van der Waals surface area contributed by atoms with Crippen molar-refractivity contribution in [3.8, 4) is 23.1 Å². The Morgan fingerprint density at radius 1 is 0.917 bits per heavy atom. The lowest BCUT2D eigenvalue weighted by Crippen LogP contribution is -2.10. The molecule has 4 aromatic rings. The third-order valence-electron chi connectivity index (χ3n) is 3.59. The fraction of sp³-hybridized carbons (Fsp3) is 0.200. The number of ether oxygens (including phenoxy) is 1. The number of methoxy groups -OCH3 is 1. The molecule has 0 amide bonds. The summed E-state index contributed by atoms with van der Waals surface area (Å²) in [5.41, 5.74) is 2.66. The smallest absolute Gasteiger partial charge is 0.291 e. The van der Waals surface area contributed by atoms with Crippen molar-refractivity contribution in [3.05, 3.63) is 41.7 Å². The van der Waals surface area contributed by atoms with Gasteiger partial charge in [-0.15, -0.1) is 25.5 Å². The minimum Gasteiger partial charge on any atom is -0.497 e. The monoisotopic (exact) mass is 322 g/mol. The Balaban J connectivity index is 1.85. The molecule has 0 atom stereocenters. The van der Waals surface area contributed by atoms with Crippen molar-refractivity contribution >= 4 is 5.78 Å². The maximum absolute atomic E-state index is 5.17. The molecule has 0 spiro atoms. The Bertz CT molecular complexity index is 1020. The highest BCUT2D eigenvalue weighted by molar-refractivity contribution is 5.58. The zero-order chi connectivity index (χ0) is 16.7. The number of aromatic nitrogens is 8. The fourth-order valence-corrected chi connectivity index (χ4v) is 2.46. The molecule has 0 aliphatic carbocycles. The molecule has 9 heteroatoms. The van der Waals surface area contributed by atoms with Crippen LogP contribution in [0.3, 0.4) is 0 Å². The molecule has 0 saturated heterocycles. The van der Waals surface area contributed by atoms with E-state index in [4.69, 9.17) is 4.74 Å². The van der Waals surface area contributed by atoms with Gasteiger partial charge < -0.3 is 4.74 Å². The summed E-state index contributed by atoms with van der Waals surface area (Å²) in [6.07, 6.45) is 0. The molecule has 0 radical (unpaired) electrons. The lowest BCUT2D eigenvalue weighted by Gasteiger charge is -2.03. The summed E-state index contributed by atoms with van der Waals surface area (Å²) in [4.78, 5) is 0. The number of aryl methyl sites for hydroxylation is 2. The highest BCUT2D eigenvalue weighted by Crippen LogP contribution is 2.20. The van der Waals surface area contributed by atoms with Crippen LogP contribution >= 0.6 is 0 Å². The van der Waals surface area contributed by atoms with E-state index < -0.39 is 0 Å². The quantitative estimate of drug-likeness (QED) is 0.562. The fourth-order valence-electron chi connectivity index (χ4n) is 2.46. The first-order valence-corrected chi connectivity index (χ1v) is 7.30. The average molecular weight is 322 g/mol. The second-order valence-corrected chi connectivity index (χ2v) is 5.30. The molecule has 1 aromatic carbocycles. The SMILES string of the molecule is COc1ccc(-c2nnc3nnc(-n4nc(C)cc4C)nn23)cc1. The van der Waals surface area contributed by atoms with Gasteiger partial charge in [0.2, 0.25) is 0 Å². The van der Waals surface area contributed by atoms with Gasteiger partial charge in [-0.3, -0.25) is 0 Å². The van der Waals surface area contributed by atoms with Gasteiger partial charge in [0.05, 0.1) is 12.8 Å². The molecule has 0 aliphatic heterocycles. The lowest BCUT2D eigenvalue weighted by molar-refractivity contribution is 0.415. The third-order valence-corrected chi connectivity index (χ3v) is 3.59. The van der Waals surface area contributed by atoms with Crippen LogP contribution in [-0.2, 0) is 0 Å². The molecule has 0 bridgehead atoms. The van der Waals surface area contributed by atoms with Gasteiger partial charge in [0.1, 0.15) is 5.75 Å². The third kappa shape index (κ3) is 2.26. The van der Waals surface area contributed by atoms with E-state index in [1.807, 2.05) is 44.2 Å². The molecule has 0 saturated carbocycles. The normalized spacial score (nSPS) is 11.1. The van der Waals surface area contributed by atoms with Crippen molar-refractivity contribution in [3.63, 3.8) is 0 Å². The van der Waals surface area contributed by atoms with Gasteiger partial charge in [-0.2, -0.15) is 9.61 Å². The van der Waals surface area contributed by atoms with Crippen LogP contribution in [0.25, 0.3) is 23.1 Å². The number of rotatable bonds is 3. The first kappa shape index (κ1) is 14.2. The number of benzene rings is 1. The van der Waals surface area contributed by atoms with E-state index in [0.717, 1.165) is 22.7 Å². The van der Waals surface area contributed by atoms with Crippen molar-refractivity contribution in [1.82, 2.24) is 39.8 Å². The number of hydrogen-bond donors (Lipinski definition) is 0. The van der Waals surface area contributed by atoms with E-state index in [1.54, 1.807) is 16.3 Å². The molecule has 0 N–H and O–H groups in total. The van der Waals surface area contributed by atoms with Gasteiger partial charge in [0.15, 0.2) is 5.82 Å². The number of nitrogens with zero attached hydrogens (tertiary/aromatic N) is 8. The summed E-state index contributed by atoms with van der Waals surface area (Å²) in [6, 6.07) is 9.44. The van der Waals surface area contributed by atoms with Gasteiger partial charge in [0.25, 0.3) is 11.7 Å². The molecule has 120 valence electrons. The van der Waals surface area contributed by atoms with E-state index in [1.165, 1.54) is 0 Å². The van der Waals surface area contributed by atoms with Crippen molar-refractivity contribution in [1.29, 1.82) is 0 Å². The highest BCUT2D eigenvalue weighted by atomic mass is 16.5. The molecule has 9 nitrogen and oxygen atoms in total. The maximum atomic E-state index is 5.17. The zero-order valence-corrected chi connectivity index (χ0v) is 13.4. The van der Waals surface area contributed by atoms with Crippen LogP contribution in [-0.4, -0.2) is 46.9 Å². The van der Waals surface area contributed by atoms with Gasteiger partial charge >= 0.3 is 0 Å². The van der Waals surface area contributed by atoms with E-state index in [9.17, 15) is 0 Å². The van der Waals surface area contributed by atoms with Crippen molar-refractivity contribution < 1.29 is 4.74 Å². The molecule has 0 aliphatic rings.